The Morgan fingerprint density at radius 3 is 2.95 bits per heavy atom. The molecule has 0 aromatic heterocycles. The maximum atomic E-state index is 11.9. The molecule has 0 saturated heterocycles. The zero-order valence-electron chi connectivity index (χ0n) is 12.3. The van der Waals surface area contributed by atoms with Crippen molar-refractivity contribution >= 4 is 17.5 Å². The third kappa shape index (κ3) is 4.61. The van der Waals surface area contributed by atoms with Crippen molar-refractivity contribution in [2.75, 3.05) is 13.2 Å². The molecule has 0 heterocycles. The molecule has 2 rings (SSSR count). The molecule has 0 spiro atoms. The van der Waals surface area contributed by atoms with Crippen LogP contribution in [0.4, 0.5) is 0 Å². The molecule has 0 aliphatic heterocycles. The van der Waals surface area contributed by atoms with Crippen molar-refractivity contribution < 1.29 is 14.6 Å². The van der Waals surface area contributed by atoms with Crippen LogP contribution in [0.5, 0.6) is 5.75 Å². The number of ether oxygens (including phenoxy) is 1. The van der Waals surface area contributed by atoms with Crippen LogP contribution in [0.15, 0.2) is 18.2 Å². The summed E-state index contributed by atoms with van der Waals surface area (Å²) >= 11 is 5.89. The van der Waals surface area contributed by atoms with Gasteiger partial charge in [0, 0.05) is 11.6 Å². The topological polar surface area (TPSA) is 58.6 Å². The van der Waals surface area contributed by atoms with E-state index in [1.165, 1.54) is 0 Å². The van der Waals surface area contributed by atoms with Gasteiger partial charge in [-0.25, -0.2) is 0 Å². The molecule has 21 heavy (non-hydrogen) atoms. The van der Waals surface area contributed by atoms with E-state index in [4.69, 9.17) is 16.3 Å². The highest BCUT2D eigenvalue weighted by Crippen LogP contribution is 2.25. The third-order valence-electron chi connectivity index (χ3n) is 3.83. The predicted molar refractivity (Wildman–Crippen MR) is 82.7 cm³/mol. The Morgan fingerprint density at radius 2 is 2.29 bits per heavy atom. The highest BCUT2D eigenvalue weighted by atomic mass is 35.5. The Hall–Kier alpha value is -1.26. The van der Waals surface area contributed by atoms with Gasteiger partial charge in [-0.1, -0.05) is 11.6 Å². The lowest BCUT2D eigenvalue weighted by Crippen LogP contribution is -2.35. The number of carbonyl (C=O) groups excluding carboxylic acids is 1. The van der Waals surface area contributed by atoms with Gasteiger partial charge in [-0.15, -0.1) is 0 Å². The summed E-state index contributed by atoms with van der Waals surface area (Å²) in [5, 5.41) is 13.2. The van der Waals surface area contributed by atoms with E-state index in [0.717, 1.165) is 37.0 Å². The van der Waals surface area contributed by atoms with E-state index < -0.39 is 6.10 Å². The number of carbonyl (C=O) groups is 1. The molecule has 1 saturated carbocycles. The molecule has 1 aliphatic rings. The summed E-state index contributed by atoms with van der Waals surface area (Å²) in [4.78, 5) is 11.9. The van der Waals surface area contributed by atoms with Gasteiger partial charge in [0.1, 0.15) is 5.75 Å². The van der Waals surface area contributed by atoms with Crippen molar-refractivity contribution in [2.24, 2.45) is 5.92 Å². The van der Waals surface area contributed by atoms with E-state index in [9.17, 15) is 9.90 Å². The highest BCUT2D eigenvalue weighted by Gasteiger charge is 2.30. The largest absolute Gasteiger partial charge is 0.493 e. The number of benzene rings is 1. The number of aliphatic hydroxyl groups excluding tert-OH is 1. The summed E-state index contributed by atoms with van der Waals surface area (Å²) in [7, 11) is 0. The molecule has 1 aromatic carbocycles. The second-order valence-electron chi connectivity index (χ2n) is 5.51. The van der Waals surface area contributed by atoms with Crippen LogP contribution in [0, 0.1) is 12.8 Å². The van der Waals surface area contributed by atoms with Crippen LogP contribution in [0.3, 0.4) is 0 Å². The highest BCUT2D eigenvalue weighted by molar-refractivity contribution is 6.30. The van der Waals surface area contributed by atoms with E-state index >= 15 is 0 Å². The first kappa shape index (κ1) is 16.1. The Balaban J connectivity index is 1.65. The van der Waals surface area contributed by atoms with Crippen LogP contribution in [0.1, 0.15) is 31.2 Å². The van der Waals surface area contributed by atoms with Crippen molar-refractivity contribution in [3.8, 4) is 5.75 Å². The summed E-state index contributed by atoms with van der Waals surface area (Å²) in [6, 6.07) is 5.51. The van der Waals surface area contributed by atoms with E-state index in [0.29, 0.717) is 18.2 Å². The molecule has 1 aromatic rings. The van der Waals surface area contributed by atoms with Crippen molar-refractivity contribution in [1.82, 2.24) is 5.32 Å². The molecule has 5 heteroatoms. The number of amides is 1. The first-order chi connectivity index (χ1) is 10.1. The van der Waals surface area contributed by atoms with Gasteiger partial charge in [0.05, 0.1) is 18.6 Å². The van der Waals surface area contributed by atoms with E-state index in [-0.39, 0.29) is 11.8 Å². The molecule has 4 nitrogen and oxygen atoms in total. The maximum absolute atomic E-state index is 11.9. The fourth-order valence-corrected chi connectivity index (χ4v) is 2.84. The summed E-state index contributed by atoms with van der Waals surface area (Å²) in [6.07, 6.45) is 2.71. The molecule has 0 radical (unpaired) electrons. The quantitative estimate of drug-likeness (QED) is 0.794. The minimum Gasteiger partial charge on any atom is -0.493 e. The Labute approximate surface area is 130 Å². The first-order valence-electron chi connectivity index (χ1n) is 7.42. The minimum absolute atomic E-state index is 0.0392. The lowest BCUT2D eigenvalue weighted by molar-refractivity contribution is -0.127. The average Bonchev–Trinajstić information content (AvgIpc) is 2.86. The van der Waals surface area contributed by atoms with Crippen LogP contribution >= 0.6 is 11.6 Å². The minimum atomic E-state index is -0.474. The number of hydrogen-bond donors (Lipinski definition) is 2. The van der Waals surface area contributed by atoms with Crippen molar-refractivity contribution in [3.05, 3.63) is 28.8 Å². The van der Waals surface area contributed by atoms with Crippen LogP contribution in [0.25, 0.3) is 0 Å². The van der Waals surface area contributed by atoms with Crippen LogP contribution in [-0.4, -0.2) is 30.3 Å². The second-order valence-corrected chi connectivity index (χ2v) is 5.94. The number of halogens is 1. The number of rotatable bonds is 6. The molecular formula is C16H22ClNO3. The van der Waals surface area contributed by atoms with Gasteiger partial charge in [0.2, 0.25) is 5.91 Å². The predicted octanol–water partition coefficient (Wildman–Crippen LogP) is 2.69. The van der Waals surface area contributed by atoms with Gasteiger partial charge < -0.3 is 15.2 Å². The number of hydrogen-bond acceptors (Lipinski definition) is 3. The SMILES string of the molecule is Cc1cc(Cl)ccc1OCCCNC(=O)C1CCCC1O. The summed E-state index contributed by atoms with van der Waals surface area (Å²) in [6.45, 7) is 3.05. The first-order valence-corrected chi connectivity index (χ1v) is 7.80. The average molecular weight is 312 g/mol. The van der Waals surface area contributed by atoms with Crippen LogP contribution in [0.2, 0.25) is 5.02 Å². The number of aliphatic hydroxyl groups is 1. The van der Waals surface area contributed by atoms with Crippen LogP contribution in [-0.2, 0) is 4.79 Å². The molecule has 1 aliphatic carbocycles. The van der Waals surface area contributed by atoms with Gasteiger partial charge in [0.15, 0.2) is 0 Å². The molecule has 1 fully saturated rings. The Kier molecular flexibility index (Phi) is 5.88. The molecule has 0 bridgehead atoms. The van der Waals surface area contributed by atoms with Crippen molar-refractivity contribution in [2.45, 2.75) is 38.7 Å². The fraction of sp³-hybridized carbons (Fsp3) is 0.562. The fourth-order valence-electron chi connectivity index (χ4n) is 2.62. The van der Waals surface area contributed by atoms with Gasteiger partial charge in [0.25, 0.3) is 0 Å². The molecule has 2 N–H and O–H groups in total. The monoisotopic (exact) mass is 311 g/mol. The maximum Gasteiger partial charge on any atom is 0.225 e. The molecule has 116 valence electrons. The third-order valence-corrected chi connectivity index (χ3v) is 4.07. The lowest BCUT2D eigenvalue weighted by Gasteiger charge is -2.14. The standard InChI is InChI=1S/C16H22ClNO3/c1-11-10-12(17)6-7-15(11)21-9-3-8-18-16(20)13-4-2-5-14(13)19/h6-7,10,13-14,19H,2-5,8-9H2,1H3,(H,18,20). The van der Waals surface area contributed by atoms with E-state index in [1.807, 2.05) is 19.1 Å². The molecule has 1 amide bonds. The Morgan fingerprint density at radius 1 is 1.48 bits per heavy atom. The zero-order valence-corrected chi connectivity index (χ0v) is 13.0. The van der Waals surface area contributed by atoms with E-state index in [1.54, 1.807) is 6.07 Å². The van der Waals surface area contributed by atoms with Gasteiger partial charge in [-0.2, -0.15) is 0 Å². The number of nitrogens with one attached hydrogen (secondary N) is 1. The smallest absolute Gasteiger partial charge is 0.225 e. The zero-order chi connectivity index (χ0) is 15.2. The number of aryl methyl sites for hydroxylation is 1. The normalized spacial score (nSPS) is 21.3. The van der Waals surface area contributed by atoms with Gasteiger partial charge in [-0.05, 0) is 56.4 Å². The van der Waals surface area contributed by atoms with Gasteiger partial charge >= 0.3 is 0 Å². The second kappa shape index (κ2) is 7.66. The Bertz CT molecular complexity index is 492. The van der Waals surface area contributed by atoms with Crippen molar-refractivity contribution in [3.63, 3.8) is 0 Å². The molecule has 2 unspecified atom stereocenters. The summed E-state index contributed by atoms with van der Waals surface area (Å²) < 4.78 is 5.66. The summed E-state index contributed by atoms with van der Waals surface area (Å²) in [5.41, 5.74) is 1.00. The molecule has 2 atom stereocenters. The van der Waals surface area contributed by atoms with Crippen molar-refractivity contribution in [1.29, 1.82) is 0 Å². The molecular weight excluding hydrogens is 290 g/mol. The lowest BCUT2D eigenvalue weighted by atomic mass is 10.1. The van der Waals surface area contributed by atoms with E-state index in [2.05, 4.69) is 5.32 Å². The van der Waals surface area contributed by atoms with Gasteiger partial charge in [-0.3, -0.25) is 4.79 Å². The summed E-state index contributed by atoms with van der Waals surface area (Å²) in [5.74, 6) is 0.545. The van der Waals surface area contributed by atoms with Crippen LogP contribution < -0.4 is 10.1 Å².